The Balaban J connectivity index is 1.80. The van der Waals surface area contributed by atoms with Crippen LogP contribution in [0.1, 0.15) is 40.7 Å². The highest BCUT2D eigenvalue weighted by Crippen LogP contribution is 2.31. The van der Waals surface area contributed by atoms with Crippen molar-refractivity contribution in [1.82, 2.24) is 5.32 Å². The second-order valence-corrected chi connectivity index (χ2v) is 9.13. The molecule has 2 aromatic rings. The van der Waals surface area contributed by atoms with Crippen molar-refractivity contribution >= 4 is 27.4 Å². The molecule has 1 aliphatic rings. The summed E-state index contributed by atoms with van der Waals surface area (Å²) in [6.45, 7) is 9.59. The van der Waals surface area contributed by atoms with Crippen molar-refractivity contribution in [3.05, 3.63) is 52.1 Å². The number of amides is 2. The molecule has 0 aliphatic heterocycles. The second-order valence-electron chi connectivity index (χ2n) is 7.51. The molecular weight excluding hydrogens is 374 g/mol. The normalized spacial score (nSPS) is 13.9. The molecule has 3 N–H and O–H groups in total. The predicted molar refractivity (Wildman–Crippen MR) is 113 cm³/mol. The molecule has 2 amide bonds. The van der Waals surface area contributed by atoms with Crippen LogP contribution in [0.4, 0.5) is 16.2 Å². The Bertz CT molecular complexity index is 995. The zero-order valence-electron chi connectivity index (χ0n) is 16.9. The molecule has 0 bridgehead atoms. The van der Waals surface area contributed by atoms with E-state index in [4.69, 9.17) is 0 Å². The molecule has 28 heavy (non-hydrogen) atoms. The Morgan fingerprint density at radius 2 is 1.29 bits per heavy atom. The van der Waals surface area contributed by atoms with Crippen LogP contribution >= 0.6 is 0 Å². The summed E-state index contributed by atoms with van der Waals surface area (Å²) in [5.41, 5.74) is 5.69. The number of carbonyl (C=O) groups is 1. The fourth-order valence-corrected chi connectivity index (χ4v) is 4.94. The first-order valence-corrected chi connectivity index (χ1v) is 10.9. The molecule has 1 saturated carbocycles. The number of anilines is 2. The first-order valence-electron chi connectivity index (χ1n) is 9.37. The van der Waals surface area contributed by atoms with Gasteiger partial charge in [0.2, 0.25) is 0 Å². The minimum atomic E-state index is -3.73. The van der Waals surface area contributed by atoms with Gasteiger partial charge in [0.1, 0.15) is 0 Å². The van der Waals surface area contributed by atoms with E-state index in [1.54, 1.807) is 24.3 Å². The van der Waals surface area contributed by atoms with Gasteiger partial charge >= 0.3 is 6.03 Å². The van der Waals surface area contributed by atoms with E-state index in [2.05, 4.69) is 15.4 Å². The van der Waals surface area contributed by atoms with Gasteiger partial charge in [-0.3, -0.25) is 4.72 Å². The summed E-state index contributed by atoms with van der Waals surface area (Å²) < 4.78 is 28.8. The minimum Gasteiger partial charge on any atom is -0.335 e. The molecule has 0 heterocycles. The van der Waals surface area contributed by atoms with Crippen LogP contribution in [-0.2, 0) is 10.0 Å². The summed E-state index contributed by atoms with van der Waals surface area (Å²) >= 11 is 0. The summed E-state index contributed by atoms with van der Waals surface area (Å²) in [6, 6.07) is 6.67. The standard InChI is InChI=1S/C21H27N3O3S/c1-12-13(2)15(4)20(16(5)14(12)3)28(26,27)24-19-10-8-18(9-11-19)23-21(25)22-17-6-7-17/h8-11,17,24H,6-7H2,1-5H3,(H2,22,23,25). The van der Waals surface area contributed by atoms with E-state index < -0.39 is 10.0 Å². The van der Waals surface area contributed by atoms with Crippen LogP contribution in [0.15, 0.2) is 29.2 Å². The molecule has 1 fully saturated rings. The van der Waals surface area contributed by atoms with Crippen molar-refractivity contribution in [2.75, 3.05) is 10.0 Å². The van der Waals surface area contributed by atoms with Crippen molar-refractivity contribution in [1.29, 1.82) is 0 Å². The quantitative estimate of drug-likeness (QED) is 0.697. The number of hydrogen-bond acceptors (Lipinski definition) is 3. The molecule has 0 unspecified atom stereocenters. The van der Waals surface area contributed by atoms with E-state index in [-0.39, 0.29) is 12.1 Å². The van der Waals surface area contributed by atoms with E-state index >= 15 is 0 Å². The van der Waals surface area contributed by atoms with E-state index in [0.717, 1.165) is 40.7 Å². The molecule has 0 aromatic heterocycles. The monoisotopic (exact) mass is 401 g/mol. The van der Waals surface area contributed by atoms with E-state index in [1.165, 1.54) is 0 Å². The summed E-state index contributed by atoms with van der Waals surface area (Å²) in [7, 11) is -3.73. The van der Waals surface area contributed by atoms with Crippen molar-refractivity contribution in [2.45, 2.75) is 58.4 Å². The van der Waals surface area contributed by atoms with Gasteiger partial charge in [-0.2, -0.15) is 0 Å². The Morgan fingerprint density at radius 1 is 0.821 bits per heavy atom. The number of urea groups is 1. The average molecular weight is 402 g/mol. The Kier molecular flexibility index (Phi) is 5.39. The summed E-state index contributed by atoms with van der Waals surface area (Å²) in [4.78, 5) is 12.1. The zero-order valence-corrected chi connectivity index (χ0v) is 17.8. The predicted octanol–water partition coefficient (Wildman–Crippen LogP) is 4.31. The number of sulfonamides is 1. The highest BCUT2D eigenvalue weighted by Gasteiger charge is 2.24. The number of rotatable bonds is 5. The third kappa shape index (κ3) is 4.14. The molecule has 0 saturated heterocycles. The Labute approximate surface area is 166 Å². The smallest absolute Gasteiger partial charge is 0.319 e. The number of benzene rings is 2. The van der Waals surface area contributed by atoms with Crippen LogP contribution in [0, 0.1) is 34.6 Å². The third-order valence-corrected chi connectivity index (χ3v) is 7.16. The van der Waals surface area contributed by atoms with E-state index in [9.17, 15) is 13.2 Å². The van der Waals surface area contributed by atoms with Crippen LogP contribution in [0.25, 0.3) is 0 Å². The number of hydrogen-bond donors (Lipinski definition) is 3. The van der Waals surface area contributed by atoms with Crippen LogP contribution in [0.5, 0.6) is 0 Å². The largest absolute Gasteiger partial charge is 0.335 e. The fraction of sp³-hybridized carbons (Fsp3) is 0.381. The Morgan fingerprint density at radius 3 is 1.79 bits per heavy atom. The van der Waals surface area contributed by atoms with Gasteiger partial charge in [0, 0.05) is 17.4 Å². The van der Waals surface area contributed by atoms with Crippen LogP contribution < -0.4 is 15.4 Å². The lowest BCUT2D eigenvalue weighted by Gasteiger charge is -2.19. The Hall–Kier alpha value is -2.54. The maximum absolute atomic E-state index is 13.1. The lowest BCUT2D eigenvalue weighted by Crippen LogP contribution is -2.30. The fourth-order valence-electron chi connectivity index (χ4n) is 3.28. The van der Waals surface area contributed by atoms with Gasteiger partial charge in [-0.15, -0.1) is 0 Å². The summed E-state index contributed by atoms with van der Waals surface area (Å²) in [5, 5.41) is 5.59. The van der Waals surface area contributed by atoms with E-state index in [1.807, 2.05) is 34.6 Å². The SMILES string of the molecule is Cc1c(C)c(C)c(S(=O)(=O)Nc2ccc(NC(=O)NC3CC3)cc2)c(C)c1C. The summed E-state index contributed by atoms with van der Waals surface area (Å²) in [5.74, 6) is 0. The van der Waals surface area contributed by atoms with Crippen LogP contribution in [0.2, 0.25) is 0 Å². The van der Waals surface area contributed by atoms with Gasteiger partial charge in [0.05, 0.1) is 4.90 Å². The first-order chi connectivity index (χ1) is 13.1. The van der Waals surface area contributed by atoms with Gasteiger partial charge in [-0.1, -0.05) is 0 Å². The molecule has 0 spiro atoms. The van der Waals surface area contributed by atoms with Gasteiger partial charge in [0.25, 0.3) is 10.0 Å². The maximum Gasteiger partial charge on any atom is 0.319 e. The summed E-state index contributed by atoms with van der Waals surface area (Å²) in [6.07, 6.45) is 2.04. The molecule has 150 valence electrons. The molecule has 1 aliphatic carbocycles. The maximum atomic E-state index is 13.1. The molecular formula is C21H27N3O3S. The second kappa shape index (κ2) is 7.47. The van der Waals surface area contributed by atoms with Crippen LogP contribution in [0.3, 0.4) is 0 Å². The highest BCUT2D eigenvalue weighted by atomic mass is 32.2. The van der Waals surface area contributed by atoms with Gasteiger partial charge in [0.15, 0.2) is 0 Å². The van der Waals surface area contributed by atoms with Gasteiger partial charge in [-0.25, -0.2) is 13.2 Å². The average Bonchev–Trinajstić information content (AvgIpc) is 3.43. The lowest BCUT2D eigenvalue weighted by atomic mass is 9.95. The lowest BCUT2D eigenvalue weighted by molar-refractivity contribution is 0.251. The van der Waals surface area contributed by atoms with Crippen molar-refractivity contribution in [3.63, 3.8) is 0 Å². The minimum absolute atomic E-state index is 0.243. The molecule has 2 aromatic carbocycles. The zero-order chi connectivity index (χ0) is 20.6. The van der Waals surface area contributed by atoms with Gasteiger partial charge < -0.3 is 10.6 Å². The number of nitrogens with one attached hydrogen (secondary N) is 3. The van der Waals surface area contributed by atoms with Gasteiger partial charge in [-0.05, 0) is 99.5 Å². The van der Waals surface area contributed by atoms with Crippen molar-refractivity contribution in [2.24, 2.45) is 0 Å². The number of carbonyl (C=O) groups excluding carboxylic acids is 1. The van der Waals surface area contributed by atoms with Crippen molar-refractivity contribution < 1.29 is 13.2 Å². The third-order valence-electron chi connectivity index (χ3n) is 5.51. The molecule has 0 radical (unpaired) electrons. The van der Waals surface area contributed by atoms with Crippen molar-refractivity contribution in [3.8, 4) is 0 Å². The molecule has 6 nitrogen and oxygen atoms in total. The topological polar surface area (TPSA) is 87.3 Å². The van der Waals surface area contributed by atoms with E-state index in [0.29, 0.717) is 16.3 Å². The van der Waals surface area contributed by atoms with Crippen LogP contribution in [-0.4, -0.2) is 20.5 Å². The molecule has 3 rings (SSSR count). The molecule has 0 atom stereocenters. The molecule has 7 heteroatoms. The first kappa shape index (κ1) is 20.2. The highest BCUT2D eigenvalue weighted by molar-refractivity contribution is 7.92.